The lowest BCUT2D eigenvalue weighted by molar-refractivity contribution is -0.121. The fourth-order valence-corrected chi connectivity index (χ4v) is 1.91. The van der Waals surface area contributed by atoms with Crippen molar-refractivity contribution in [2.24, 2.45) is 17.1 Å². The number of hydrogen-bond donors (Lipinski definition) is 2. The van der Waals surface area contributed by atoms with Crippen molar-refractivity contribution in [1.82, 2.24) is 5.32 Å². The molecule has 1 atom stereocenters. The van der Waals surface area contributed by atoms with Gasteiger partial charge in [-0.25, -0.2) is 0 Å². The molecule has 3 nitrogen and oxygen atoms in total. The molecule has 1 fully saturated rings. The molecule has 0 aliphatic heterocycles. The number of rotatable bonds is 8. The number of nitrogens with one attached hydrogen (secondary N) is 1. The van der Waals surface area contributed by atoms with E-state index in [4.69, 9.17) is 5.73 Å². The Labute approximate surface area is 99.2 Å². The van der Waals surface area contributed by atoms with E-state index in [-0.39, 0.29) is 5.91 Å². The summed E-state index contributed by atoms with van der Waals surface area (Å²) in [5.74, 6) is 0.829. The minimum Gasteiger partial charge on any atom is -0.356 e. The zero-order valence-electron chi connectivity index (χ0n) is 10.7. The van der Waals surface area contributed by atoms with Crippen molar-refractivity contribution in [3.63, 3.8) is 0 Å². The predicted molar refractivity (Wildman–Crippen MR) is 67.0 cm³/mol. The Balaban J connectivity index is 2.08. The predicted octanol–water partition coefficient (Wildman–Crippen LogP) is 2.06. The van der Waals surface area contributed by atoms with Gasteiger partial charge in [0.2, 0.25) is 5.91 Å². The third-order valence-electron chi connectivity index (χ3n) is 3.75. The highest BCUT2D eigenvalue weighted by Crippen LogP contribution is 2.44. The van der Waals surface area contributed by atoms with E-state index in [9.17, 15) is 4.79 Å². The van der Waals surface area contributed by atoms with Gasteiger partial charge in [-0.3, -0.25) is 4.79 Å². The lowest BCUT2D eigenvalue weighted by atomic mass is 9.96. The van der Waals surface area contributed by atoms with Crippen LogP contribution in [0.4, 0.5) is 0 Å². The average molecular weight is 226 g/mol. The van der Waals surface area contributed by atoms with Crippen LogP contribution in [0.5, 0.6) is 0 Å². The van der Waals surface area contributed by atoms with E-state index in [0.29, 0.717) is 17.8 Å². The normalized spacial score (nSPS) is 19.2. The largest absolute Gasteiger partial charge is 0.356 e. The van der Waals surface area contributed by atoms with Crippen LogP contribution in [0, 0.1) is 11.3 Å². The monoisotopic (exact) mass is 226 g/mol. The molecule has 0 aromatic rings. The SMILES string of the molecule is CCC(CCN)CCC(=O)NCC1(C)CC1. The van der Waals surface area contributed by atoms with Crippen molar-refractivity contribution < 1.29 is 4.79 Å². The quantitative estimate of drug-likeness (QED) is 0.665. The van der Waals surface area contributed by atoms with Crippen LogP contribution in [-0.2, 0) is 4.79 Å². The zero-order valence-corrected chi connectivity index (χ0v) is 10.7. The van der Waals surface area contributed by atoms with E-state index >= 15 is 0 Å². The van der Waals surface area contributed by atoms with Crippen LogP contribution in [0.15, 0.2) is 0 Å². The third kappa shape index (κ3) is 4.97. The fraction of sp³-hybridized carbons (Fsp3) is 0.923. The molecule has 0 spiro atoms. The summed E-state index contributed by atoms with van der Waals surface area (Å²) in [5, 5.41) is 3.04. The Kier molecular flexibility index (Phi) is 5.26. The second-order valence-corrected chi connectivity index (χ2v) is 5.48. The molecule has 0 aromatic carbocycles. The van der Waals surface area contributed by atoms with E-state index < -0.39 is 0 Å². The number of amides is 1. The summed E-state index contributed by atoms with van der Waals surface area (Å²) in [6, 6.07) is 0. The molecule has 94 valence electrons. The maximum absolute atomic E-state index is 11.6. The van der Waals surface area contributed by atoms with Crippen LogP contribution in [0.2, 0.25) is 0 Å². The highest BCUT2D eigenvalue weighted by atomic mass is 16.1. The van der Waals surface area contributed by atoms with Crippen LogP contribution in [-0.4, -0.2) is 19.0 Å². The molecule has 1 rings (SSSR count). The molecule has 1 saturated carbocycles. The first-order valence-electron chi connectivity index (χ1n) is 6.56. The van der Waals surface area contributed by atoms with Gasteiger partial charge >= 0.3 is 0 Å². The second-order valence-electron chi connectivity index (χ2n) is 5.48. The number of hydrogen-bond acceptors (Lipinski definition) is 2. The molecule has 1 aliphatic rings. The molecule has 0 saturated heterocycles. The van der Waals surface area contributed by atoms with E-state index in [1.165, 1.54) is 12.8 Å². The maximum Gasteiger partial charge on any atom is 0.220 e. The number of carbonyl (C=O) groups is 1. The Bertz CT molecular complexity index is 224. The first-order valence-corrected chi connectivity index (χ1v) is 6.56. The molecule has 3 N–H and O–H groups in total. The minimum atomic E-state index is 0.212. The van der Waals surface area contributed by atoms with E-state index in [2.05, 4.69) is 19.2 Å². The van der Waals surface area contributed by atoms with Crippen molar-refractivity contribution in [2.45, 2.75) is 52.4 Å². The summed E-state index contributed by atoms with van der Waals surface area (Å²) in [6.07, 6.45) is 6.34. The molecule has 1 aliphatic carbocycles. The summed E-state index contributed by atoms with van der Waals surface area (Å²) >= 11 is 0. The number of nitrogens with two attached hydrogens (primary N) is 1. The van der Waals surface area contributed by atoms with Gasteiger partial charge in [-0.05, 0) is 43.6 Å². The molecular weight excluding hydrogens is 200 g/mol. The summed E-state index contributed by atoms with van der Waals surface area (Å²) in [4.78, 5) is 11.6. The Morgan fingerprint density at radius 1 is 1.44 bits per heavy atom. The lowest BCUT2D eigenvalue weighted by Crippen LogP contribution is -2.29. The fourth-order valence-electron chi connectivity index (χ4n) is 1.91. The smallest absolute Gasteiger partial charge is 0.220 e. The molecule has 1 unspecified atom stereocenters. The zero-order chi connectivity index (χ0) is 12.0. The molecule has 16 heavy (non-hydrogen) atoms. The standard InChI is InChI=1S/C13H26N2O/c1-3-11(6-9-14)4-5-12(16)15-10-13(2)7-8-13/h11H,3-10,14H2,1-2H3,(H,15,16). The number of carbonyl (C=O) groups excluding carboxylic acids is 1. The van der Waals surface area contributed by atoms with E-state index in [1.54, 1.807) is 0 Å². The first-order chi connectivity index (χ1) is 7.59. The van der Waals surface area contributed by atoms with Crippen molar-refractivity contribution in [3.8, 4) is 0 Å². The summed E-state index contributed by atoms with van der Waals surface area (Å²) in [6.45, 7) is 6.00. The van der Waals surface area contributed by atoms with Crippen LogP contribution in [0.3, 0.4) is 0 Å². The van der Waals surface area contributed by atoms with E-state index in [0.717, 1.165) is 32.4 Å². The minimum absolute atomic E-state index is 0.212. The maximum atomic E-state index is 11.6. The van der Waals surface area contributed by atoms with Gasteiger partial charge in [0, 0.05) is 13.0 Å². The van der Waals surface area contributed by atoms with Crippen molar-refractivity contribution >= 4 is 5.91 Å². The molecular formula is C13H26N2O. The highest BCUT2D eigenvalue weighted by Gasteiger charge is 2.37. The van der Waals surface area contributed by atoms with Crippen LogP contribution in [0.25, 0.3) is 0 Å². The Morgan fingerprint density at radius 2 is 2.12 bits per heavy atom. The first kappa shape index (κ1) is 13.5. The van der Waals surface area contributed by atoms with Crippen LogP contribution in [0.1, 0.15) is 52.4 Å². The third-order valence-corrected chi connectivity index (χ3v) is 3.75. The van der Waals surface area contributed by atoms with Gasteiger partial charge in [0.15, 0.2) is 0 Å². The Hall–Kier alpha value is -0.570. The van der Waals surface area contributed by atoms with Gasteiger partial charge < -0.3 is 11.1 Å². The van der Waals surface area contributed by atoms with Gasteiger partial charge in [0.25, 0.3) is 0 Å². The van der Waals surface area contributed by atoms with Gasteiger partial charge in [-0.2, -0.15) is 0 Å². The van der Waals surface area contributed by atoms with E-state index in [1.807, 2.05) is 0 Å². The summed E-state index contributed by atoms with van der Waals surface area (Å²) in [5.41, 5.74) is 5.95. The topological polar surface area (TPSA) is 55.1 Å². The van der Waals surface area contributed by atoms with Crippen LogP contribution >= 0.6 is 0 Å². The Morgan fingerprint density at radius 3 is 2.62 bits per heavy atom. The molecule has 0 radical (unpaired) electrons. The van der Waals surface area contributed by atoms with Crippen molar-refractivity contribution in [1.29, 1.82) is 0 Å². The van der Waals surface area contributed by atoms with Gasteiger partial charge in [-0.15, -0.1) is 0 Å². The average Bonchev–Trinajstić information content (AvgIpc) is 3.00. The molecule has 1 amide bonds. The lowest BCUT2D eigenvalue weighted by Gasteiger charge is -2.14. The summed E-state index contributed by atoms with van der Waals surface area (Å²) in [7, 11) is 0. The summed E-state index contributed by atoms with van der Waals surface area (Å²) < 4.78 is 0. The molecule has 0 heterocycles. The molecule has 3 heteroatoms. The molecule has 0 aromatic heterocycles. The second kappa shape index (κ2) is 6.24. The van der Waals surface area contributed by atoms with Gasteiger partial charge in [0.1, 0.15) is 0 Å². The molecule has 0 bridgehead atoms. The van der Waals surface area contributed by atoms with Gasteiger partial charge in [-0.1, -0.05) is 20.3 Å². The van der Waals surface area contributed by atoms with Crippen LogP contribution < -0.4 is 11.1 Å². The van der Waals surface area contributed by atoms with Gasteiger partial charge in [0.05, 0.1) is 0 Å². The highest BCUT2D eigenvalue weighted by molar-refractivity contribution is 5.75. The van der Waals surface area contributed by atoms with Crippen molar-refractivity contribution in [2.75, 3.05) is 13.1 Å². The van der Waals surface area contributed by atoms with Crippen molar-refractivity contribution in [3.05, 3.63) is 0 Å².